The van der Waals surface area contributed by atoms with Crippen molar-refractivity contribution in [3.8, 4) is 0 Å². The highest BCUT2D eigenvalue weighted by Gasteiger charge is 2.13. The maximum atomic E-state index is 11.7. The molecule has 0 atom stereocenters. The Bertz CT molecular complexity index is 427. The smallest absolute Gasteiger partial charge is 0.269 e. The standard InChI is InChI=1S/C11H14N2O3/c1-7(2)12-11(14)10-5-4-9(13(15)16)6-8(10)3/h4-7H,1-3H3,(H,12,14). The van der Waals surface area contributed by atoms with Gasteiger partial charge in [-0.05, 0) is 32.4 Å². The molecule has 0 bridgehead atoms. The molecular weight excluding hydrogens is 208 g/mol. The van der Waals surface area contributed by atoms with Gasteiger partial charge in [0.05, 0.1) is 4.92 Å². The second-order valence-electron chi connectivity index (χ2n) is 3.88. The lowest BCUT2D eigenvalue weighted by molar-refractivity contribution is -0.384. The fourth-order valence-corrected chi connectivity index (χ4v) is 1.36. The summed E-state index contributed by atoms with van der Waals surface area (Å²) in [5.74, 6) is -0.206. The molecule has 0 aliphatic carbocycles. The van der Waals surface area contributed by atoms with Gasteiger partial charge in [0.2, 0.25) is 0 Å². The van der Waals surface area contributed by atoms with E-state index in [9.17, 15) is 14.9 Å². The molecular formula is C11H14N2O3. The predicted molar refractivity (Wildman–Crippen MR) is 60.4 cm³/mol. The largest absolute Gasteiger partial charge is 0.350 e. The second kappa shape index (κ2) is 4.74. The highest BCUT2D eigenvalue weighted by Crippen LogP contribution is 2.17. The monoisotopic (exact) mass is 222 g/mol. The average molecular weight is 222 g/mol. The molecule has 0 saturated heterocycles. The van der Waals surface area contributed by atoms with Crippen LogP contribution in [0, 0.1) is 17.0 Å². The van der Waals surface area contributed by atoms with Gasteiger partial charge in [0, 0.05) is 23.7 Å². The Kier molecular flexibility index (Phi) is 3.60. The number of rotatable bonds is 3. The minimum absolute atomic E-state index is 0.00130. The van der Waals surface area contributed by atoms with Crippen molar-refractivity contribution in [3.63, 3.8) is 0 Å². The molecule has 0 radical (unpaired) electrons. The van der Waals surface area contributed by atoms with E-state index in [1.165, 1.54) is 18.2 Å². The van der Waals surface area contributed by atoms with E-state index >= 15 is 0 Å². The molecule has 0 aliphatic rings. The van der Waals surface area contributed by atoms with Crippen LogP contribution in [-0.4, -0.2) is 16.9 Å². The summed E-state index contributed by atoms with van der Waals surface area (Å²) < 4.78 is 0. The summed E-state index contributed by atoms with van der Waals surface area (Å²) in [6, 6.07) is 4.25. The molecule has 0 saturated carbocycles. The molecule has 1 N–H and O–H groups in total. The Labute approximate surface area is 93.6 Å². The van der Waals surface area contributed by atoms with Gasteiger partial charge in [-0.2, -0.15) is 0 Å². The van der Waals surface area contributed by atoms with Crippen molar-refractivity contribution in [1.82, 2.24) is 5.32 Å². The minimum atomic E-state index is -0.475. The zero-order valence-electron chi connectivity index (χ0n) is 9.48. The summed E-state index contributed by atoms with van der Waals surface area (Å²) in [5.41, 5.74) is 1.07. The Morgan fingerprint density at radius 1 is 1.44 bits per heavy atom. The number of nitrogens with one attached hydrogen (secondary N) is 1. The number of hydrogen-bond donors (Lipinski definition) is 1. The summed E-state index contributed by atoms with van der Waals surface area (Å²) in [7, 11) is 0. The lowest BCUT2D eigenvalue weighted by atomic mass is 10.1. The molecule has 1 amide bonds. The molecule has 0 fully saturated rings. The summed E-state index contributed by atoms with van der Waals surface area (Å²) in [6.45, 7) is 5.40. The fourth-order valence-electron chi connectivity index (χ4n) is 1.36. The van der Waals surface area contributed by atoms with Gasteiger partial charge in [-0.1, -0.05) is 0 Å². The van der Waals surface area contributed by atoms with Crippen LogP contribution < -0.4 is 5.32 Å². The van der Waals surface area contributed by atoms with Gasteiger partial charge in [0.15, 0.2) is 0 Å². The van der Waals surface area contributed by atoms with Crippen LogP contribution in [0.25, 0.3) is 0 Å². The normalized spacial score (nSPS) is 10.2. The molecule has 16 heavy (non-hydrogen) atoms. The van der Waals surface area contributed by atoms with Crippen LogP contribution in [0.15, 0.2) is 18.2 Å². The van der Waals surface area contributed by atoms with Crippen LogP contribution in [0.4, 0.5) is 5.69 Å². The molecule has 1 aromatic rings. The number of hydrogen-bond acceptors (Lipinski definition) is 3. The van der Waals surface area contributed by atoms with Crippen LogP contribution in [0.5, 0.6) is 0 Å². The zero-order valence-corrected chi connectivity index (χ0v) is 9.48. The topological polar surface area (TPSA) is 72.2 Å². The number of carbonyl (C=O) groups excluding carboxylic acids is 1. The van der Waals surface area contributed by atoms with Crippen molar-refractivity contribution < 1.29 is 9.72 Å². The Hall–Kier alpha value is -1.91. The number of non-ortho nitro benzene ring substituents is 1. The third kappa shape index (κ3) is 2.79. The summed E-state index contributed by atoms with van der Waals surface area (Å²) >= 11 is 0. The summed E-state index contributed by atoms with van der Waals surface area (Å²) in [5, 5.41) is 13.3. The highest BCUT2D eigenvalue weighted by atomic mass is 16.6. The van der Waals surface area contributed by atoms with Crippen molar-refractivity contribution >= 4 is 11.6 Å². The van der Waals surface area contributed by atoms with Crippen LogP contribution in [-0.2, 0) is 0 Å². The zero-order chi connectivity index (χ0) is 12.3. The molecule has 0 aromatic heterocycles. The number of nitro groups is 1. The molecule has 1 aromatic carbocycles. The number of amides is 1. The van der Waals surface area contributed by atoms with Gasteiger partial charge >= 0.3 is 0 Å². The molecule has 1 rings (SSSR count). The second-order valence-corrected chi connectivity index (χ2v) is 3.88. The van der Waals surface area contributed by atoms with Crippen LogP contribution in [0.3, 0.4) is 0 Å². The van der Waals surface area contributed by atoms with Gasteiger partial charge in [0.25, 0.3) is 11.6 Å². The van der Waals surface area contributed by atoms with Crippen LogP contribution in [0.1, 0.15) is 29.8 Å². The predicted octanol–water partition coefficient (Wildman–Crippen LogP) is 2.04. The molecule has 5 nitrogen and oxygen atoms in total. The molecule has 0 spiro atoms. The Morgan fingerprint density at radius 2 is 2.06 bits per heavy atom. The first-order valence-corrected chi connectivity index (χ1v) is 4.97. The third-order valence-electron chi connectivity index (χ3n) is 2.09. The van der Waals surface area contributed by atoms with Crippen molar-refractivity contribution in [3.05, 3.63) is 39.4 Å². The van der Waals surface area contributed by atoms with Gasteiger partial charge in [-0.25, -0.2) is 0 Å². The van der Waals surface area contributed by atoms with E-state index in [1.807, 2.05) is 13.8 Å². The lowest BCUT2D eigenvalue weighted by Gasteiger charge is -2.09. The lowest BCUT2D eigenvalue weighted by Crippen LogP contribution is -2.30. The Morgan fingerprint density at radius 3 is 2.50 bits per heavy atom. The number of nitrogens with zero attached hydrogens (tertiary/aromatic N) is 1. The number of benzene rings is 1. The first-order chi connectivity index (χ1) is 7.41. The molecule has 0 aliphatic heterocycles. The first kappa shape index (κ1) is 12.2. The van der Waals surface area contributed by atoms with Crippen LogP contribution >= 0.6 is 0 Å². The molecule has 5 heteroatoms. The van der Waals surface area contributed by atoms with E-state index in [2.05, 4.69) is 5.32 Å². The van der Waals surface area contributed by atoms with E-state index < -0.39 is 4.92 Å². The molecule has 0 heterocycles. The number of aryl methyl sites for hydroxylation is 1. The summed E-state index contributed by atoms with van der Waals surface area (Å²) in [6.07, 6.45) is 0. The van der Waals surface area contributed by atoms with Gasteiger partial charge in [0.1, 0.15) is 0 Å². The SMILES string of the molecule is Cc1cc([N+](=O)[O-])ccc1C(=O)NC(C)C. The first-order valence-electron chi connectivity index (χ1n) is 4.97. The Balaban J connectivity index is 2.99. The number of nitro benzene ring substituents is 1. The van der Waals surface area contributed by atoms with E-state index in [0.717, 1.165) is 0 Å². The van der Waals surface area contributed by atoms with E-state index in [4.69, 9.17) is 0 Å². The van der Waals surface area contributed by atoms with Gasteiger partial charge < -0.3 is 5.32 Å². The maximum absolute atomic E-state index is 11.7. The van der Waals surface area contributed by atoms with E-state index in [-0.39, 0.29) is 17.6 Å². The minimum Gasteiger partial charge on any atom is -0.350 e. The van der Waals surface area contributed by atoms with E-state index in [1.54, 1.807) is 6.92 Å². The summed E-state index contributed by atoms with van der Waals surface area (Å²) in [4.78, 5) is 21.7. The molecule has 86 valence electrons. The third-order valence-corrected chi connectivity index (χ3v) is 2.09. The van der Waals surface area contributed by atoms with E-state index in [0.29, 0.717) is 11.1 Å². The van der Waals surface area contributed by atoms with Crippen molar-refractivity contribution in [2.75, 3.05) is 0 Å². The maximum Gasteiger partial charge on any atom is 0.269 e. The van der Waals surface area contributed by atoms with Crippen molar-refractivity contribution in [2.24, 2.45) is 0 Å². The van der Waals surface area contributed by atoms with Gasteiger partial charge in [-0.3, -0.25) is 14.9 Å². The average Bonchev–Trinajstić information content (AvgIpc) is 2.15. The van der Waals surface area contributed by atoms with Gasteiger partial charge in [-0.15, -0.1) is 0 Å². The van der Waals surface area contributed by atoms with Crippen molar-refractivity contribution in [1.29, 1.82) is 0 Å². The van der Waals surface area contributed by atoms with Crippen molar-refractivity contribution in [2.45, 2.75) is 26.8 Å². The molecule has 0 unspecified atom stereocenters. The highest BCUT2D eigenvalue weighted by molar-refractivity contribution is 5.96. The quantitative estimate of drug-likeness (QED) is 0.628. The van der Waals surface area contributed by atoms with Crippen LogP contribution in [0.2, 0.25) is 0 Å². The fraction of sp³-hybridized carbons (Fsp3) is 0.364. The number of carbonyl (C=O) groups is 1.